The molecule has 26 heavy (non-hydrogen) atoms. The summed E-state index contributed by atoms with van der Waals surface area (Å²) in [5.41, 5.74) is 0. The molecule has 0 aromatic rings. The van der Waals surface area contributed by atoms with E-state index in [1.54, 1.807) is 0 Å². The average Bonchev–Trinajstić information content (AvgIpc) is 2.64. The molecule has 1 saturated carbocycles. The number of likely N-dealkylation sites (tertiary alicyclic amines) is 1. The van der Waals surface area contributed by atoms with Crippen LogP contribution in [0.2, 0.25) is 0 Å². The number of nitrogens with zero attached hydrogens (tertiary/aromatic N) is 3. The molecule has 152 valence electrons. The fourth-order valence-corrected chi connectivity index (χ4v) is 5.08. The van der Waals surface area contributed by atoms with Crippen LogP contribution in [0.3, 0.4) is 0 Å². The van der Waals surface area contributed by atoms with Gasteiger partial charge in [0.05, 0.1) is 12.2 Å². The van der Waals surface area contributed by atoms with Crippen molar-refractivity contribution in [2.45, 2.75) is 90.5 Å². The van der Waals surface area contributed by atoms with E-state index in [9.17, 15) is 0 Å². The molecule has 0 spiro atoms. The quantitative estimate of drug-likeness (QED) is 0.717. The van der Waals surface area contributed by atoms with Gasteiger partial charge >= 0.3 is 0 Å². The predicted molar refractivity (Wildman–Crippen MR) is 110 cm³/mol. The van der Waals surface area contributed by atoms with E-state index in [1.807, 2.05) is 0 Å². The van der Waals surface area contributed by atoms with Gasteiger partial charge in [0.1, 0.15) is 0 Å². The third-order valence-electron chi connectivity index (χ3n) is 7.04. The first-order valence-electron chi connectivity index (χ1n) is 11.4. The molecule has 0 unspecified atom stereocenters. The zero-order valence-electron chi connectivity index (χ0n) is 17.8. The van der Waals surface area contributed by atoms with Gasteiger partial charge in [0, 0.05) is 57.9 Å². The Labute approximate surface area is 162 Å². The van der Waals surface area contributed by atoms with E-state index < -0.39 is 0 Å². The van der Waals surface area contributed by atoms with E-state index in [-0.39, 0.29) is 0 Å². The predicted octanol–water partition coefficient (Wildman–Crippen LogP) is 3.46. The van der Waals surface area contributed by atoms with Crippen LogP contribution >= 0.6 is 0 Å². The first kappa shape index (κ1) is 20.6. The zero-order valence-corrected chi connectivity index (χ0v) is 17.8. The van der Waals surface area contributed by atoms with Crippen LogP contribution in [-0.4, -0.2) is 84.8 Å². The number of piperazine rings is 1. The molecule has 3 rings (SSSR count). The van der Waals surface area contributed by atoms with Crippen molar-refractivity contribution in [3.05, 3.63) is 0 Å². The first-order valence-corrected chi connectivity index (χ1v) is 11.4. The van der Waals surface area contributed by atoms with Crippen molar-refractivity contribution in [1.82, 2.24) is 14.7 Å². The maximum atomic E-state index is 6.49. The Morgan fingerprint density at radius 2 is 1.15 bits per heavy atom. The van der Waals surface area contributed by atoms with E-state index >= 15 is 0 Å². The Kier molecular flexibility index (Phi) is 7.80. The number of ether oxygens (including phenoxy) is 1. The molecule has 0 radical (unpaired) electrons. The van der Waals surface area contributed by atoms with Crippen molar-refractivity contribution in [3.8, 4) is 0 Å². The minimum Gasteiger partial charge on any atom is -0.375 e. The van der Waals surface area contributed by atoms with Crippen LogP contribution in [0.1, 0.15) is 66.2 Å². The lowest BCUT2D eigenvalue weighted by atomic mass is 9.86. The Morgan fingerprint density at radius 1 is 0.654 bits per heavy atom. The summed E-state index contributed by atoms with van der Waals surface area (Å²) in [6.07, 6.45) is 8.87. The van der Waals surface area contributed by atoms with Crippen molar-refractivity contribution in [2.24, 2.45) is 5.92 Å². The monoisotopic (exact) mass is 365 g/mol. The molecule has 4 nitrogen and oxygen atoms in total. The van der Waals surface area contributed by atoms with Crippen molar-refractivity contribution in [3.63, 3.8) is 0 Å². The Balaban J connectivity index is 1.30. The number of hydrogen-bond donors (Lipinski definition) is 0. The van der Waals surface area contributed by atoms with Crippen LogP contribution in [0.5, 0.6) is 0 Å². The molecule has 0 amide bonds. The molecule has 0 aromatic heterocycles. The molecule has 2 saturated heterocycles. The lowest BCUT2D eigenvalue weighted by Crippen LogP contribution is -2.50. The Morgan fingerprint density at radius 3 is 1.69 bits per heavy atom. The summed E-state index contributed by atoms with van der Waals surface area (Å²) in [6.45, 7) is 18.1. The van der Waals surface area contributed by atoms with Crippen LogP contribution in [-0.2, 0) is 4.74 Å². The second-order valence-corrected chi connectivity index (χ2v) is 9.54. The number of piperidine rings is 1. The van der Waals surface area contributed by atoms with Gasteiger partial charge in [-0.05, 0) is 72.1 Å². The van der Waals surface area contributed by atoms with Crippen molar-refractivity contribution < 1.29 is 4.74 Å². The molecule has 0 aromatic carbocycles. The standard InChI is InChI=1S/C22H43N3O/c1-18(2)24-11-9-22(10-12-24)26-21-7-5-20(6-8-21)17-23-13-15-25(16-14-23)19(3)4/h18-22H,5-17H2,1-4H3. The molecular formula is C22H43N3O. The fourth-order valence-electron chi connectivity index (χ4n) is 5.08. The molecule has 3 aliphatic rings. The summed E-state index contributed by atoms with van der Waals surface area (Å²) in [7, 11) is 0. The van der Waals surface area contributed by atoms with Crippen molar-refractivity contribution >= 4 is 0 Å². The van der Waals surface area contributed by atoms with Gasteiger partial charge in [0.15, 0.2) is 0 Å². The fraction of sp³-hybridized carbons (Fsp3) is 1.00. The van der Waals surface area contributed by atoms with E-state index in [1.165, 1.54) is 84.3 Å². The second kappa shape index (κ2) is 9.86. The summed E-state index contributed by atoms with van der Waals surface area (Å²) in [4.78, 5) is 7.92. The van der Waals surface area contributed by atoms with Crippen LogP contribution in [0.25, 0.3) is 0 Å². The normalized spacial score (nSPS) is 31.2. The lowest BCUT2D eigenvalue weighted by Gasteiger charge is -2.40. The molecule has 0 bridgehead atoms. The third-order valence-corrected chi connectivity index (χ3v) is 7.04. The van der Waals surface area contributed by atoms with Gasteiger partial charge in [-0.25, -0.2) is 0 Å². The van der Waals surface area contributed by atoms with Gasteiger partial charge in [0.25, 0.3) is 0 Å². The zero-order chi connectivity index (χ0) is 18.5. The molecule has 2 aliphatic heterocycles. The Bertz CT molecular complexity index is 352. The highest BCUT2D eigenvalue weighted by Gasteiger charge is 2.28. The van der Waals surface area contributed by atoms with Gasteiger partial charge in [0.2, 0.25) is 0 Å². The first-order chi connectivity index (χ1) is 12.5. The van der Waals surface area contributed by atoms with Crippen LogP contribution in [0.15, 0.2) is 0 Å². The van der Waals surface area contributed by atoms with Gasteiger partial charge in [-0.1, -0.05) is 0 Å². The van der Waals surface area contributed by atoms with Gasteiger partial charge < -0.3 is 14.5 Å². The molecule has 1 aliphatic carbocycles. The highest BCUT2D eigenvalue weighted by molar-refractivity contribution is 4.81. The van der Waals surface area contributed by atoms with Crippen molar-refractivity contribution in [2.75, 3.05) is 45.8 Å². The van der Waals surface area contributed by atoms with E-state index in [0.717, 1.165) is 5.92 Å². The molecule has 0 atom stereocenters. The van der Waals surface area contributed by atoms with Crippen molar-refractivity contribution in [1.29, 1.82) is 0 Å². The molecular weight excluding hydrogens is 322 g/mol. The smallest absolute Gasteiger partial charge is 0.0603 e. The summed E-state index contributed by atoms with van der Waals surface area (Å²) in [5.74, 6) is 0.906. The van der Waals surface area contributed by atoms with Gasteiger partial charge in [-0.2, -0.15) is 0 Å². The molecule has 2 heterocycles. The second-order valence-electron chi connectivity index (χ2n) is 9.54. The summed E-state index contributed by atoms with van der Waals surface area (Å²) in [6, 6.07) is 1.39. The van der Waals surface area contributed by atoms with E-state index in [0.29, 0.717) is 24.3 Å². The number of rotatable bonds is 6. The van der Waals surface area contributed by atoms with Crippen LogP contribution in [0.4, 0.5) is 0 Å². The van der Waals surface area contributed by atoms with Gasteiger partial charge in [-0.3, -0.25) is 4.90 Å². The maximum absolute atomic E-state index is 6.49. The Hall–Kier alpha value is -0.160. The highest BCUT2D eigenvalue weighted by Crippen LogP contribution is 2.29. The van der Waals surface area contributed by atoms with E-state index in [4.69, 9.17) is 4.74 Å². The number of hydrogen-bond acceptors (Lipinski definition) is 4. The van der Waals surface area contributed by atoms with E-state index in [2.05, 4.69) is 42.4 Å². The minimum atomic E-state index is 0.524. The topological polar surface area (TPSA) is 19.0 Å². The van der Waals surface area contributed by atoms with Crippen LogP contribution < -0.4 is 0 Å². The summed E-state index contributed by atoms with van der Waals surface area (Å²) >= 11 is 0. The average molecular weight is 366 g/mol. The largest absolute Gasteiger partial charge is 0.375 e. The van der Waals surface area contributed by atoms with Gasteiger partial charge in [-0.15, -0.1) is 0 Å². The third kappa shape index (κ3) is 5.92. The highest BCUT2D eigenvalue weighted by atomic mass is 16.5. The molecule has 3 fully saturated rings. The SMILES string of the molecule is CC(C)N1CCC(OC2CCC(CN3CCN(C(C)C)CC3)CC2)CC1. The molecule has 0 N–H and O–H groups in total. The maximum Gasteiger partial charge on any atom is 0.0603 e. The summed E-state index contributed by atoms with van der Waals surface area (Å²) < 4.78 is 6.49. The minimum absolute atomic E-state index is 0.524. The molecule has 4 heteroatoms. The van der Waals surface area contributed by atoms with Crippen LogP contribution in [0, 0.1) is 5.92 Å². The summed E-state index contributed by atoms with van der Waals surface area (Å²) in [5, 5.41) is 0. The lowest BCUT2D eigenvalue weighted by molar-refractivity contribution is -0.0652.